The van der Waals surface area contributed by atoms with Crippen LogP contribution in [0.25, 0.3) is 11.1 Å². The van der Waals surface area contributed by atoms with Crippen LogP contribution in [0.3, 0.4) is 0 Å². The van der Waals surface area contributed by atoms with Gasteiger partial charge in [0.15, 0.2) is 0 Å². The minimum atomic E-state index is -4.50. The Labute approximate surface area is 140 Å². The van der Waals surface area contributed by atoms with E-state index in [2.05, 4.69) is 9.97 Å². The van der Waals surface area contributed by atoms with Crippen LogP contribution in [0.5, 0.6) is 5.75 Å². The van der Waals surface area contributed by atoms with E-state index in [0.717, 1.165) is 12.3 Å². The Morgan fingerprint density at radius 3 is 2.32 bits per heavy atom. The molecule has 3 rings (SSSR count). The van der Waals surface area contributed by atoms with Gasteiger partial charge in [0.05, 0.1) is 11.9 Å². The van der Waals surface area contributed by atoms with Gasteiger partial charge in [0.25, 0.3) is 0 Å². The molecule has 2 heterocycles. The summed E-state index contributed by atoms with van der Waals surface area (Å²) in [4.78, 5) is 7.50. The van der Waals surface area contributed by atoms with Crippen LogP contribution >= 0.6 is 0 Å². The predicted molar refractivity (Wildman–Crippen MR) is 83.2 cm³/mol. The first-order valence-corrected chi connectivity index (χ1v) is 7.30. The summed E-state index contributed by atoms with van der Waals surface area (Å²) >= 11 is 0. The summed E-state index contributed by atoms with van der Waals surface area (Å²) in [5.41, 5.74) is 0.400. The molecule has 3 nitrogen and oxygen atoms in total. The molecule has 0 aliphatic heterocycles. The van der Waals surface area contributed by atoms with Crippen LogP contribution in [0.4, 0.5) is 17.6 Å². The normalized spacial score (nSPS) is 11.4. The van der Waals surface area contributed by atoms with E-state index in [1.54, 1.807) is 30.3 Å². The third-order valence-corrected chi connectivity index (χ3v) is 3.46. The zero-order chi connectivity index (χ0) is 17.9. The molecule has 3 aromatic rings. The van der Waals surface area contributed by atoms with E-state index in [4.69, 9.17) is 4.74 Å². The van der Waals surface area contributed by atoms with Crippen LogP contribution in [0.1, 0.15) is 11.4 Å². The maximum absolute atomic E-state index is 14.0. The highest BCUT2D eigenvalue weighted by Crippen LogP contribution is 2.29. The Morgan fingerprint density at radius 2 is 1.64 bits per heavy atom. The fourth-order valence-corrected chi connectivity index (χ4v) is 2.26. The number of hydrogen-bond donors (Lipinski definition) is 0. The van der Waals surface area contributed by atoms with Crippen molar-refractivity contribution in [1.29, 1.82) is 0 Å². The van der Waals surface area contributed by atoms with Crippen molar-refractivity contribution in [3.63, 3.8) is 0 Å². The Morgan fingerprint density at radius 1 is 0.880 bits per heavy atom. The maximum Gasteiger partial charge on any atom is 0.433 e. The molecule has 25 heavy (non-hydrogen) atoms. The molecule has 0 aliphatic rings. The topological polar surface area (TPSA) is 35.0 Å². The molecule has 128 valence electrons. The minimum absolute atomic E-state index is 0.0302. The van der Waals surface area contributed by atoms with Crippen LogP contribution in [0.2, 0.25) is 0 Å². The standard InChI is InChI=1S/C18H12F4N2O/c19-15-6-2-1-4-13(15)14-5-3-9-23-16(14)11-25-12-7-8-17(24-10-12)18(20,21)22/h1-10H,11H2. The molecule has 0 amide bonds. The summed E-state index contributed by atoms with van der Waals surface area (Å²) in [5, 5.41) is 0. The lowest BCUT2D eigenvalue weighted by Crippen LogP contribution is -2.08. The van der Waals surface area contributed by atoms with Gasteiger partial charge in [-0.2, -0.15) is 13.2 Å². The van der Waals surface area contributed by atoms with Crippen LogP contribution < -0.4 is 4.74 Å². The molecule has 0 radical (unpaired) electrons. The van der Waals surface area contributed by atoms with Crippen LogP contribution in [0, 0.1) is 5.82 Å². The molecule has 0 unspecified atom stereocenters. The van der Waals surface area contributed by atoms with Gasteiger partial charge in [0.2, 0.25) is 0 Å². The van der Waals surface area contributed by atoms with E-state index in [0.29, 0.717) is 16.8 Å². The number of rotatable bonds is 4. The van der Waals surface area contributed by atoms with Crippen LogP contribution in [-0.2, 0) is 12.8 Å². The number of benzene rings is 1. The van der Waals surface area contributed by atoms with Gasteiger partial charge in [-0.25, -0.2) is 9.37 Å². The van der Waals surface area contributed by atoms with Crippen LogP contribution in [-0.4, -0.2) is 9.97 Å². The lowest BCUT2D eigenvalue weighted by Gasteiger charge is -2.11. The van der Waals surface area contributed by atoms with Gasteiger partial charge in [-0.15, -0.1) is 0 Å². The first kappa shape index (κ1) is 16.9. The number of halogens is 4. The van der Waals surface area contributed by atoms with E-state index >= 15 is 0 Å². The van der Waals surface area contributed by atoms with Gasteiger partial charge in [-0.1, -0.05) is 24.3 Å². The van der Waals surface area contributed by atoms with Gasteiger partial charge in [-0.05, 0) is 24.3 Å². The Bertz CT molecular complexity index is 863. The lowest BCUT2D eigenvalue weighted by molar-refractivity contribution is -0.141. The second-order valence-electron chi connectivity index (χ2n) is 5.14. The lowest BCUT2D eigenvalue weighted by atomic mass is 10.0. The molecule has 0 fully saturated rings. The zero-order valence-corrected chi connectivity index (χ0v) is 12.8. The molecule has 0 spiro atoms. The largest absolute Gasteiger partial charge is 0.486 e. The summed E-state index contributed by atoms with van der Waals surface area (Å²) in [6.07, 6.45) is -1.97. The SMILES string of the molecule is Fc1ccccc1-c1cccnc1COc1ccc(C(F)(F)F)nc1. The van der Waals surface area contributed by atoms with Gasteiger partial charge >= 0.3 is 6.18 Å². The second-order valence-corrected chi connectivity index (χ2v) is 5.14. The van der Waals surface area contributed by atoms with Crippen molar-refractivity contribution in [2.24, 2.45) is 0 Å². The third-order valence-electron chi connectivity index (χ3n) is 3.46. The first-order valence-electron chi connectivity index (χ1n) is 7.30. The third kappa shape index (κ3) is 3.93. The molecule has 7 heteroatoms. The highest BCUT2D eigenvalue weighted by atomic mass is 19.4. The van der Waals surface area contributed by atoms with Crippen molar-refractivity contribution in [2.45, 2.75) is 12.8 Å². The fourth-order valence-electron chi connectivity index (χ4n) is 2.26. The number of pyridine rings is 2. The van der Waals surface area contributed by atoms with Crippen molar-refractivity contribution in [1.82, 2.24) is 9.97 Å². The fraction of sp³-hybridized carbons (Fsp3) is 0.111. The summed E-state index contributed by atoms with van der Waals surface area (Å²) < 4.78 is 56.9. The average Bonchev–Trinajstić information content (AvgIpc) is 2.60. The number of hydrogen-bond acceptors (Lipinski definition) is 3. The van der Waals surface area contributed by atoms with E-state index in [9.17, 15) is 17.6 Å². The average molecular weight is 348 g/mol. The Kier molecular flexibility index (Phi) is 4.65. The minimum Gasteiger partial charge on any atom is -0.486 e. The van der Waals surface area contributed by atoms with E-state index in [1.165, 1.54) is 18.3 Å². The van der Waals surface area contributed by atoms with Gasteiger partial charge in [0.1, 0.15) is 23.9 Å². The molecule has 0 bridgehead atoms. The van der Waals surface area contributed by atoms with Crippen molar-refractivity contribution in [2.75, 3.05) is 0 Å². The zero-order valence-electron chi connectivity index (χ0n) is 12.8. The number of aromatic nitrogens is 2. The predicted octanol–water partition coefficient (Wildman–Crippen LogP) is 4.88. The molecule has 2 aromatic heterocycles. The van der Waals surface area contributed by atoms with E-state index < -0.39 is 17.7 Å². The van der Waals surface area contributed by atoms with E-state index in [-0.39, 0.29) is 12.4 Å². The molecule has 0 aliphatic carbocycles. The highest BCUT2D eigenvalue weighted by Gasteiger charge is 2.32. The van der Waals surface area contributed by atoms with Gasteiger partial charge < -0.3 is 4.74 Å². The molecule has 1 aromatic carbocycles. The molecule has 0 atom stereocenters. The van der Waals surface area contributed by atoms with Gasteiger partial charge in [0, 0.05) is 17.3 Å². The molecule has 0 saturated heterocycles. The van der Waals surface area contributed by atoms with Crippen LogP contribution in [0.15, 0.2) is 60.9 Å². The molecular weight excluding hydrogens is 336 g/mol. The van der Waals surface area contributed by atoms with Crippen molar-refractivity contribution in [3.05, 3.63) is 78.1 Å². The first-order chi connectivity index (χ1) is 11.9. The molecule has 0 N–H and O–H groups in total. The number of nitrogens with zero attached hydrogens (tertiary/aromatic N) is 2. The van der Waals surface area contributed by atoms with Crippen molar-refractivity contribution >= 4 is 0 Å². The van der Waals surface area contributed by atoms with Crippen molar-refractivity contribution in [3.8, 4) is 16.9 Å². The summed E-state index contributed by atoms with van der Waals surface area (Å²) in [5.74, 6) is -0.230. The quantitative estimate of drug-likeness (QED) is 0.630. The van der Waals surface area contributed by atoms with Gasteiger partial charge in [-0.3, -0.25) is 4.98 Å². The Balaban J connectivity index is 1.80. The highest BCUT2D eigenvalue weighted by molar-refractivity contribution is 5.66. The summed E-state index contributed by atoms with van der Waals surface area (Å²) in [6.45, 7) is -0.0302. The second kappa shape index (κ2) is 6.88. The summed E-state index contributed by atoms with van der Waals surface area (Å²) in [6, 6.07) is 11.6. The smallest absolute Gasteiger partial charge is 0.433 e. The number of ether oxygens (including phenoxy) is 1. The van der Waals surface area contributed by atoms with Crippen molar-refractivity contribution < 1.29 is 22.3 Å². The number of alkyl halides is 3. The molecule has 0 saturated carbocycles. The molecular formula is C18H12F4N2O. The van der Waals surface area contributed by atoms with E-state index in [1.807, 2.05) is 0 Å². The monoisotopic (exact) mass is 348 g/mol. The Hall–Kier alpha value is -2.96. The maximum atomic E-state index is 14.0. The summed E-state index contributed by atoms with van der Waals surface area (Å²) in [7, 11) is 0.